The highest BCUT2D eigenvalue weighted by Crippen LogP contribution is 2.12. The van der Waals surface area contributed by atoms with E-state index in [1.807, 2.05) is 6.92 Å². The van der Waals surface area contributed by atoms with Crippen molar-refractivity contribution in [1.29, 1.82) is 0 Å². The zero-order valence-corrected chi connectivity index (χ0v) is 10.5. The van der Waals surface area contributed by atoms with Crippen molar-refractivity contribution in [3.8, 4) is 0 Å². The van der Waals surface area contributed by atoms with Crippen LogP contribution in [0, 0.1) is 5.92 Å². The SMILES string of the molecule is CCC(CC)C(C)NC(=O)CCC(C)N. The maximum absolute atomic E-state index is 11.5. The van der Waals surface area contributed by atoms with Crippen LogP contribution >= 0.6 is 0 Å². The summed E-state index contributed by atoms with van der Waals surface area (Å²) in [7, 11) is 0. The van der Waals surface area contributed by atoms with Crippen LogP contribution in [0.1, 0.15) is 53.4 Å². The highest BCUT2D eigenvalue weighted by atomic mass is 16.1. The number of hydrogen-bond acceptors (Lipinski definition) is 2. The fourth-order valence-corrected chi connectivity index (χ4v) is 1.80. The number of amides is 1. The molecule has 2 atom stereocenters. The molecule has 0 saturated carbocycles. The standard InChI is InChI=1S/C12H26N2O/c1-5-11(6-2)10(4)14-12(15)8-7-9(3)13/h9-11H,5-8,13H2,1-4H3,(H,14,15). The van der Waals surface area contributed by atoms with Crippen LogP contribution in [0.25, 0.3) is 0 Å². The van der Waals surface area contributed by atoms with Crippen LogP contribution in [0.4, 0.5) is 0 Å². The monoisotopic (exact) mass is 214 g/mol. The topological polar surface area (TPSA) is 55.1 Å². The molecule has 3 nitrogen and oxygen atoms in total. The van der Waals surface area contributed by atoms with Gasteiger partial charge in [0.1, 0.15) is 0 Å². The number of rotatable bonds is 7. The maximum Gasteiger partial charge on any atom is 0.220 e. The van der Waals surface area contributed by atoms with Crippen molar-refractivity contribution >= 4 is 5.91 Å². The molecule has 15 heavy (non-hydrogen) atoms. The highest BCUT2D eigenvalue weighted by molar-refractivity contribution is 5.76. The summed E-state index contributed by atoms with van der Waals surface area (Å²) >= 11 is 0. The van der Waals surface area contributed by atoms with Gasteiger partial charge in [-0.2, -0.15) is 0 Å². The lowest BCUT2D eigenvalue weighted by atomic mass is 9.95. The third kappa shape index (κ3) is 6.50. The molecule has 90 valence electrons. The van der Waals surface area contributed by atoms with E-state index in [1.165, 1.54) is 0 Å². The Bertz CT molecular complexity index is 176. The third-order valence-corrected chi connectivity index (χ3v) is 2.97. The number of nitrogens with one attached hydrogen (secondary N) is 1. The van der Waals surface area contributed by atoms with Crippen molar-refractivity contribution in [2.75, 3.05) is 0 Å². The number of carbonyl (C=O) groups excluding carboxylic acids is 1. The summed E-state index contributed by atoms with van der Waals surface area (Å²) in [5, 5.41) is 3.04. The van der Waals surface area contributed by atoms with Gasteiger partial charge in [0.05, 0.1) is 0 Å². The Labute approximate surface area is 93.8 Å². The van der Waals surface area contributed by atoms with Gasteiger partial charge in [0, 0.05) is 18.5 Å². The molecule has 1 amide bonds. The zero-order valence-electron chi connectivity index (χ0n) is 10.5. The van der Waals surface area contributed by atoms with Crippen molar-refractivity contribution in [3.63, 3.8) is 0 Å². The van der Waals surface area contributed by atoms with Crippen LogP contribution in [0.2, 0.25) is 0 Å². The summed E-state index contributed by atoms with van der Waals surface area (Å²) in [5.74, 6) is 0.718. The Morgan fingerprint density at radius 1 is 1.27 bits per heavy atom. The fourth-order valence-electron chi connectivity index (χ4n) is 1.80. The molecule has 0 heterocycles. The molecule has 0 aromatic carbocycles. The van der Waals surface area contributed by atoms with E-state index in [0.29, 0.717) is 12.3 Å². The van der Waals surface area contributed by atoms with Gasteiger partial charge in [-0.1, -0.05) is 26.7 Å². The number of carbonyl (C=O) groups is 1. The van der Waals surface area contributed by atoms with Crippen molar-refractivity contribution in [3.05, 3.63) is 0 Å². The molecule has 0 aromatic heterocycles. The Hall–Kier alpha value is -0.570. The zero-order chi connectivity index (χ0) is 11.8. The predicted molar refractivity (Wildman–Crippen MR) is 64.6 cm³/mol. The van der Waals surface area contributed by atoms with Crippen LogP contribution in [0.15, 0.2) is 0 Å². The molecule has 0 radical (unpaired) electrons. The Balaban J connectivity index is 3.84. The number of hydrogen-bond donors (Lipinski definition) is 2. The minimum absolute atomic E-state index is 0.110. The Morgan fingerprint density at radius 3 is 2.20 bits per heavy atom. The quantitative estimate of drug-likeness (QED) is 0.681. The molecule has 3 heteroatoms. The molecule has 0 aliphatic heterocycles. The molecule has 0 rings (SSSR count). The second kappa shape index (κ2) is 7.69. The first-order valence-electron chi connectivity index (χ1n) is 6.06. The second-order valence-electron chi connectivity index (χ2n) is 4.45. The molecule has 2 unspecified atom stereocenters. The molecule has 0 saturated heterocycles. The predicted octanol–water partition coefficient (Wildman–Crippen LogP) is 2.05. The van der Waals surface area contributed by atoms with Crippen LogP contribution < -0.4 is 11.1 Å². The van der Waals surface area contributed by atoms with E-state index in [1.54, 1.807) is 0 Å². The van der Waals surface area contributed by atoms with Gasteiger partial charge in [0.2, 0.25) is 5.91 Å². The first-order chi connectivity index (χ1) is 7.01. The van der Waals surface area contributed by atoms with Gasteiger partial charge in [-0.25, -0.2) is 0 Å². The van der Waals surface area contributed by atoms with Gasteiger partial charge in [-0.15, -0.1) is 0 Å². The summed E-state index contributed by atoms with van der Waals surface area (Å²) < 4.78 is 0. The fraction of sp³-hybridized carbons (Fsp3) is 0.917. The Morgan fingerprint density at radius 2 is 1.80 bits per heavy atom. The van der Waals surface area contributed by atoms with E-state index >= 15 is 0 Å². The second-order valence-corrected chi connectivity index (χ2v) is 4.45. The summed E-state index contributed by atoms with van der Waals surface area (Å²) in [6.45, 7) is 8.34. The van der Waals surface area contributed by atoms with Gasteiger partial charge in [0.15, 0.2) is 0 Å². The molecule has 0 spiro atoms. The normalized spacial score (nSPS) is 15.1. The lowest BCUT2D eigenvalue weighted by molar-refractivity contribution is -0.122. The largest absolute Gasteiger partial charge is 0.353 e. The molecule has 0 bridgehead atoms. The minimum atomic E-state index is 0.110. The van der Waals surface area contributed by atoms with E-state index in [2.05, 4.69) is 26.1 Å². The van der Waals surface area contributed by atoms with Gasteiger partial charge >= 0.3 is 0 Å². The summed E-state index contributed by atoms with van der Waals surface area (Å²) in [5.41, 5.74) is 5.60. The molecule has 3 N–H and O–H groups in total. The first kappa shape index (κ1) is 14.4. The van der Waals surface area contributed by atoms with Crippen molar-refractivity contribution in [2.24, 2.45) is 11.7 Å². The summed E-state index contributed by atoms with van der Waals surface area (Å²) in [6, 6.07) is 0.389. The van der Waals surface area contributed by atoms with E-state index < -0.39 is 0 Å². The number of nitrogens with two attached hydrogens (primary N) is 1. The maximum atomic E-state index is 11.5. The van der Waals surface area contributed by atoms with Gasteiger partial charge in [-0.05, 0) is 26.2 Å². The highest BCUT2D eigenvalue weighted by Gasteiger charge is 2.15. The average molecular weight is 214 g/mol. The molecule has 0 aliphatic carbocycles. The third-order valence-electron chi connectivity index (χ3n) is 2.97. The molecule has 0 aromatic rings. The van der Waals surface area contributed by atoms with E-state index in [-0.39, 0.29) is 18.0 Å². The van der Waals surface area contributed by atoms with E-state index in [4.69, 9.17) is 5.73 Å². The lowest BCUT2D eigenvalue weighted by Crippen LogP contribution is -2.38. The molecular weight excluding hydrogens is 188 g/mol. The van der Waals surface area contributed by atoms with Gasteiger partial charge in [0.25, 0.3) is 0 Å². The van der Waals surface area contributed by atoms with E-state index in [0.717, 1.165) is 19.3 Å². The van der Waals surface area contributed by atoms with Gasteiger partial charge in [-0.3, -0.25) is 4.79 Å². The summed E-state index contributed by atoms with van der Waals surface area (Å²) in [6.07, 6.45) is 3.54. The van der Waals surface area contributed by atoms with Crippen molar-refractivity contribution in [2.45, 2.75) is 65.5 Å². The summed E-state index contributed by atoms with van der Waals surface area (Å²) in [4.78, 5) is 11.5. The smallest absolute Gasteiger partial charge is 0.220 e. The Kier molecular flexibility index (Phi) is 7.39. The van der Waals surface area contributed by atoms with Crippen LogP contribution in [-0.4, -0.2) is 18.0 Å². The average Bonchev–Trinajstić information content (AvgIpc) is 2.16. The van der Waals surface area contributed by atoms with Gasteiger partial charge < -0.3 is 11.1 Å². The lowest BCUT2D eigenvalue weighted by Gasteiger charge is -2.22. The van der Waals surface area contributed by atoms with Crippen LogP contribution in [-0.2, 0) is 4.79 Å². The minimum Gasteiger partial charge on any atom is -0.353 e. The van der Waals surface area contributed by atoms with Crippen molar-refractivity contribution in [1.82, 2.24) is 5.32 Å². The molecular formula is C12H26N2O. The molecule has 0 aliphatic rings. The first-order valence-corrected chi connectivity index (χ1v) is 6.06. The van der Waals surface area contributed by atoms with Crippen molar-refractivity contribution < 1.29 is 4.79 Å². The van der Waals surface area contributed by atoms with Crippen LogP contribution in [0.3, 0.4) is 0 Å². The van der Waals surface area contributed by atoms with E-state index in [9.17, 15) is 4.79 Å². The van der Waals surface area contributed by atoms with Crippen LogP contribution in [0.5, 0.6) is 0 Å². The molecule has 0 fully saturated rings.